The fourth-order valence-electron chi connectivity index (χ4n) is 5.35. The third kappa shape index (κ3) is 7.13. The summed E-state index contributed by atoms with van der Waals surface area (Å²) in [4.78, 5) is 16.5. The van der Waals surface area contributed by atoms with Gasteiger partial charge in [0, 0.05) is 74.9 Å². The molecule has 37 heavy (non-hydrogen) atoms. The second kappa shape index (κ2) is 14.0. The first-order valence-electron chi connectivity index (χ1n) is 12.5. The van der Waals surface area contributed by atoms with Gasteiger partial charge in [-0.2, -0.15) is 0 Å². The quantitative estimate of drug-likeness (QED) is 0.250. The summed E-state index contributed by atoms with van der Waals surface area (Å²) >= 11 is 0. The second-order valence-electron chi connectivity index (χ2n) is 9.42. The number of morpholine rings is 1. The van der Waals surface area contributed by atoms with Gasteiger partial charge in [0.2, 0.25) is 0 Å². The van der Waals surface area contributed by atoms with Crippen LogP contribution >= 0.6 is 24.8 Å². The molecule has 0 unspecified atom stereocenters. The zero-order valence-electron chi connectivity index (χ0n) is 21.0. The maximum atomic E-state index is 11.5. The lowest BCUT2D eigenvalue weighted by Crippen LogP contribution is -2.37. The molecule has 3 aromatic rings. The number of nitrogens with zero attached hydrogens (tertiary/aromatic N) is 3. The minimum absolute atomic E-state index is 0. The van der Waals surface area contributed by atoms with E-state index in [-0.39, 0.29) is 24.8 Å². The van der Waals surface area contributed by atoms with Crippen LogP contribution in [0.3, 0.4) is 0 Å². The minimum atomic E-state index is -0.526. The number of hydroxylamine groups is 1. The summed E-state index contributed by atoms with van der Waals surface area (Å²) in [7, 11) is 0. The molecule has 0 radical (unpaired) electrons. The molecule has 1 saturated heterocycles. The number of nitrogens with one attached hydrogen (secondary N) is 1. The number of rotatable bonds is 8. The highest BCUT2D eigenvalue weighted by Crippen LogP contribution is 2.33. The van der Waals surface area contributed by atoms with Crippen molar-refractivity contribution in [1.29, 1.82) is 0 Å². The molecular weight excluding hydrogens is 511 g/mol. The first-order valence-corrected chi connectivity index (χ1v) is 12.5. The first-order chi connectivity index (χ1) is 17.2. The molecule has 9 heteroatoms. The smallest absolute Gasteiger partial charge is 0.267 e. The highest BCUT2D eigenvalue weighted by atomic mass is 35.5. The molecule has 1 amide bonds. The molecule has 2 aliphatic rings. The third-order valence-electron chi connectivity index (χ3n) is 7.10. The fourth-order valence-corrected chi connectivity index (χ4v) is 5.35. The lowest BCUT2D eigenvalue weighted by Gasteiger charge is -2.29. The summed E-state index contributed by atoms with van der Waals surface area (Å²) in [5, 5.41) is 10.1. The van der Waals surface area contributed by atoms with E-state index in [4.69, 9.17) is 9.94 Å². The minimum Gasteiger partial charge on any atom is -0.379 e. The van der Waals surface area contributed by atoms with E-state index < -0.39 is 5.91 Å². The van der Waals surface area contributed by atoms with Crippen LogP contribution in [0.2, 0.25) is 0 Å². The Bertz CT molecular complexity index is 1190. The molecular formula is C28H36Cl2N4O3. The van der Waals surface area contributed by atoms with Crippen LogP contribution in [-0.4, -0.2) is 64.9 Å². The third-order valence-corrected chi connectivity index (χ3v) is 7.10. The molecule has 2 aliphatic heterocycles. The van der Waals surface area contributed by atoms with Gasteiger partial charge in [-0.05, 0) is 41.3 Å². The number of carbonyl (C=O) groups is 1. The monoisotopic (exact) mass is 546 g/mol. The predicted molar refractivity (Wildman–Crippen MR) is 152 cm³/mol. The fraction of sp³-hybridized carbons (Fsp3) is 0.393. The molecule has 1 aromatic heterocycles. The zero-order valence-corrected chi connectivity index (χ0v) is 22.6. The van der Waals surface area contributed by atoms with E-state index in [1.54, 1.807) is 11.6 Å². The number of benzene rings is 2. The van der Waals surface area contributed by atoms with Gasteiger partial charge in [0.25, 0.3) is 5.91 Å². The van der Waals surface area contributed by atoms with E-state index >= 15 is 0 Å². The van der Waals surface area contributed by atoms with Crippen molar-refractivity contribution in [2.45, 2.75) is 32.5 Å². The number of aromatic nitrogens is 1. The average molecular weight is 548 g/mol. The topological polar surface area (TPSA) is 70.0 Å². The van der Waals surface area contributed by atoms with Crippen LogP contribution in [0.15, 0.2) is 54.6 Å². The molecule has 0 saturated carbocycles. The summed E-state index contributed by atoms with van der Waals surface area (Å²) in [6, 6.07) is 17.1. The number of halogens is 2. The van der Waals surface area contributed by atoms with Crippen molar-refractivity contribution in [1.82, 2.24) is 19.8 Å². The van der Waals surface area contributed by atoms with Crippen LogP contribution in [-0.2, 0) is 35.6 Å². The summed E-state index contributed by atoms with van der Waals surface area (Å²) in [6.45, 7) is 8.73. The second-order valence-corrected chi connectivity index (χ2v) is 9.42. The number of aryl methyl sites for hydroxylation is 1. The maximum Gasteiger partial charge on any atom is 0.267 e. The highest BCUT2D eigenvalue weighted by molar-refractivity contribution is 5.93. The van der Waals surface area contributed by atoms with Gasteiger partial charge in [-0.1, -0.05) is 36.4 Å². The van der Waals surface area contributed by atoms with Crippen molar-refractivity contribution in [2.75, 3.05) is 39.4 Å². The normalized spacial score (nSPS) is 16.2. The predicted octanol–water partition coefficient (Wildman–Crippen LogP) is 4.28. The van der Waals surface area contributed by atoms with E-state index in [0.717, 1.165) is 77.4 Å². The van der Waals surface area contributed by atoms with Crippen LogP contribution in [0.25, 0.3) is 17.0 Å². The van der Waals surface area contributed by atoms with Gasteiger partial charge in [-0.3, -0.25) is 19.8 Å². The van der Waals surface area contributed by atoms with Crippen LogP contribution < -0.4 is 5.48 Å². The average Bonchev–Trinajstić information content (AvgIpc) is 3.21. The van der Waals surface area contributed by atoms with E-state index in [2.05, 4.69) is 62.9 Å². The molecule has 3 heterocycles. The number of carbonyl (C=O) groups excluding carboxylic acids is 1. The highest BCUT2D eigenvalue weighted by Gasteiger charge is 2.24. The van der Waals surface area contributed by atoms with Gasteiger partial charge >= 0.3 is 0 Å². The maximum absolute atomic E-state index is 11.5. The molecule has 5 rings (SSSR count). The summed E-state index contributed by atoms with van der Waals surface area (Å²) in [6.07, 6.45) is 5.25. The van der Waals surface area contributed by atoms with Gasteiger partial charge in [-0.25, -0.2) is 5.48 Å². The lowest BCUT2D eigenvalue weighted by molar-refractivity contribution is -0.124. The Labute approximate surface area is 230 Å². The zero-order chi connectivity index (χ0) is 24.0. The Kier molecular flexibility index (Phi) is 11.0. The number of ether oxygens (including phenoxy) is 1. The molecule has 0 spiro atoms. The molecule has 7 nitrogen and oxygen atoms in total. The Morgan fingerprint density at radius 2 is 1.78 bits per heavy atom. The largest absolute Gasteiger partial charge is 0.379 e. The van der Waals surface area contributed by atoms with Crippen LogP contribution in [0.1, 0.15) is 28.8 Å². The Morgan fingerprint density at radius 1 is 1.00 bits per heavy atom. The Hall–Kier alpha value is -2.39. The van der Waals surface area contributed by atoms with Crippen molar-refractivity contribution in [3.05, 3.63) is 77.0 Å². The standard InChI is InChI=1S/C28H34N4O3.2ClH/c33-28(29-34)10-8-22-7-9-26-24(19-22)25-21-31(20-23-5-2-1-3-6-23)14-11-27(25)32(26)13-4-12-30-15-17-35-18-16-30;;/h1-3,5-10,19,34H,4,11-18,20-21H2,(H,29,33);2*1H/b10-8+;;. The van der Waals surface area contributed by atoms with Crippen molar-refractivity contribution >= 4 is 47.7 Å². The molecule has 1 fully saturated rings. The van der Waals surface area contributed by atoms with Gasteiger partial charge < -0.3 is 9.30 Å². The van der Waals surface area contributed by atoms with Crippen LogP contribution in [0.4, 0.5) is 0 Å². The van der Waals surface area contributed by atoms with Gasteiger partial charge in [0.1, 0.15) is 0 Å². The van der Waals surface area contributed by atoms with Crippen molar-refractivity contribution < 1.29 is 14.7 Å². The number of hydrogen-bond donors (Lipinski definition) is 2. The Balaban J connectivity index is 0.00000190. The van der Waals surface area contributed by atoms with Gasteiger partial charge in [-0.15, -0.1) is 24.8 Å². The number of amides is 1. The number of hydrogen-bond acceptors (Lipinski definition) is 5. The summed E-state index contributed by atoms with van der Waals surface area (Å²) in [5.41, 5.74) is 8.06. The first kappa shape index (κ1) is 29.2. The lowest BCUT2D eigenvalue weighted by atomic mass is 10.0. The molecule has 0 aliphatic carbocycles. The number of fused-ring (bicyclic) bond motifs is 3. The summed E-state index contributed by atoms with van der Waals surface area (Å²) in [5.74, 6) is -0.526. The van der Waals surface area contributed by atoms with E-state index in [1.165, 1.54) is 33.8 Å². The molecule has 200 valence electrons. The molecule has 2 N–H and O–H groups in total. The molecule has 2 aromatic carbocycles. The van der Waals surface area contributed by atoms with Crippen molar-refractivity contribution in [3.63, 3.8) is 0 Å². The van der Waals surface area contributed by atoms with Gasteiger partial charge in [0.15, 0.2) is 0 Å². The summed E-state index contributed by atoms with van der Waals surface area (Å²) < 4.78 is 8.02. The Morgan fingerprint density at radius 3 is 2.54 bits per heavy atom. The van der Waals surface area contributed by atoms with Crippen molar-refractivity contribution in [2.24, 2.45) is 0 Å². The SMILES string of the molecule is Cl.Cl.O=C(/C=C/c1ccc2c(c1)c1c(n2CCCN2CCOCC2)CCN(Cc2ccccc2)C1)NO. The van der Waals surface area contributed by atoms with Gasteiger partial charge in [0.05, 0.1) is 13.2 Å². The van der Waals surface area contributed by atoms with E-state index in [0.29, 0.717) is 0 Å². The molecule has 0 atom stereocenters. The van der Waals surface area contributed by atoms with Crippen molar-refractivity contribution in [3.8, 4) is 0 Å². The van der Waals surface area contributed by atoms with E-state index in [1.807, 2.05) is 0 Å². The van der Waals surface area contributed by atoms with E-state index in [9.17, 15) is 4.79 Å². The van der Waals surface area contributed by atoms with Crippen LogP contribution in [0.5, 0.6) is 0 Å². The molecule has 0 bridgehead atoms. The van der Waals surface area contributed by atoms with Crippen LogP contribution in [0, 0.1) is 0 Å².